The zero-order chi connectivity index (χ0) is 18.7. The van der Waals surface area contributed by atoms with Gasteiger partial charge < -0.3 is 10.6 Å². The van der Waals surface area contributed by atoms with E-state index in [9.17, 15) is 17.6 Å². The maximum absolute atomic E-state index is 13.0. The molecule has 7 heteroatoms. The predicted octanol–water partition coefficient (Wildman–Crippen LogP) is 3.31. The minimum Gasteiger partial charge on any atom is -0.383 e. The first-order valence-electron chi connectivity index (χ1n) is 8.34. The number of benzene rings is 2. The topological polar surface area (TPSA) is 75.3 Å². The number of fused-ring (bicyclic) bond motifs is 1. The highest BCUT2D eigenvalue weighted by molar-refractivity contribution is 7.97. The lowest BCUT2D eigenvalue weighted by molar-refractivity contribution is -0.112. The monoisotopic (exact) mass is 374 g/mol. The molecule has 0 spiro atoms. The van der Waals surface area contributed by atoms with Crippen molar-refractivity contribution >= 4 is 27.1 Å². The highest BCUT2D eigenvalue weighted by atomic mass is 32.2. The van der Waals surface area contributed by atoms with Crippen LogP contribution in [0.3, 0.4) is 0 Å². The summed E-state index contributed by atoms with van der Waals surface area (Å²) in [6, 6.07) is 11.7. The second-order valence-corrected chi connectivity index (χ2v) is 7.80. The fourth-order valence-electron chi connectivity index (χ4n) is 2.80. The molecule has 0 atom stereocenters. The Hall–Kier alpha value is -2.67. The van der Waals surface area contributed by atoms with E-state index >= 15 is 0 Å². The average Bonchev–Trinajstić information content (AvgIpc) is 2.85. The number of hydrogen-bond donors (Lipinski definition) is 2. The van der Waals surface area contributed by atoms with Crippen molar-refractivity contribution in [1.29, 1.82) is 0 Å². The van der Waals surface area contributed by atoms with Crippen LogP contribution in [0.2, 0.25) is 0 Å². The van der Waals surface area contributed by atoms with Crippen LogP contribution >= 0.6 is 0 Å². The Kier molecular flexibility index (Phi) is 5.08. The van der Waals surface area contributed by atoms with Crippen LogP contribution in [-0.2, 0) is 14.6 Å². The van der Waals surface area contributed by atoms with E-state index in [1.54, 1.807) is 18.2 Å². The fraction of sp³-hybridized carbons (Fsp3) is 0.211. The molecule has 26 heavy (non-hydrogen) atoms. The van der Waals surface area contributed by atoms with Gasteiger partial charge in [-0.15, -0.1) is 0 Å². The van der Waals surface area contributed by atoms with Crippen LogP contribution in [-0.4, -0.2) is 20.9 Å². The molecule has 1 aliphatic heterocycles. The molecule has 0 bridgehead atoms. The maximum atomic E-state index is 13.0. The minimum atomic E-state index is -3.93. The second kappa shape index (κ2) is 7.29. The van der Waals surface area contributed by atoms with Gasteiger partial charge in [0.1, 0.15) is 5.82 Å². The van der Waals surface area contributed by atoms with E-state index < -0.39 is 21.6 Å². The first-order chi connectivity index (χ1) is 12.4. The van der Waals surface area contributed by atoms with E-state index in [1.807, 2.05) is 6.92 Å². The van der Waals surface area contributed by atoms with E-state index in [1.165, 1.54) is 30.3 Å². The Labute approximate surface area is 151 Å². The van der Waals surface area contributed by atoms with Crippen molar-refractivity contribution in [2.24, 2.45) is 0 Å². The predicted molar refractivity (Wildman–Crippen MR) is 98.5 cm³/mol. The summed E-state index contributed by atoms with van der Waals surface area (Å²) in [6.07, 6.45) is 1.78. The average molecular weight is 374 g/mol. The lowest BCUT2D eigenvalue weighted by Gasteiger charge is -2.11. The third-order valence-corrected chi connectivity index (χ3v) is 5.94. The van der Waals surface area contributed by atoms with E-state index in [0.29, 0.717) is 23.5 Å². The summed E-state index contributed by atoms with van der Waals surface area (Å²) >= 11 is 0. The van der Waals surface area contributed by atoms with E-state index in [0.717, 1.165) is 12.8 Å². The molecule has 0 unspecified atom stereocenters. The molecule has 2 aromatic rings. The van der Waals surface area contributed by atoms with Gasteiger partial charge in [0.2, 0.25) is 9.84 Å². The molecule has 0 radical (unpaired) electrons. The quantitative estimate of drug-likeness (QED) is 0.761. The summed E-state index contributed by atoms with van der Waals surface area (Å²) < 4.78 is 38.8. The fourth-order valence-corrected chi connectivity index (χ4v) is 4.48. The van der Waals surface area contributed by atoms with Crippen molar-refractivity contribution in [2.45, 2.75) is 24.7 Å². The molecule has 1 heterocycles. The number of carbonyl (C=O) groups is 1. The molecule has 136 valence electrons. The largest absolute Gasteiger partial charge is 0.383 e. The van der Waals surface area contributed by atoms with Crippen molar-refractivity contribution < 1.29 is 17.6 Å². The highest BCUT2D eigenvalue weighted by Gasteiger charge is 2.39. The summed E-state index contributed by atoms with van der Waals surface area (Å²) in [6.45, 7) is 2.58. The lowest BCUT2D eigenvalue weighted by atomic mass is 10.1. The van der Waals surface area contributed by atoms with E-state index in [-0.39, 0.29) is 9.80 Å². The van der Waals surface area contributed by atoms with Gasteiger partial charge in [-0.3, -0.25) is 4.79 Å². The summed E-state index contributed by atoms with van der Waals surface area (Å²) in [5.74, 6) is -1.18. The Bertz CT molecular complexity index is 967. The summed E-state index contributed by atoms with van der Waals surface area (Å²) in [4.78, 5) is 12.6. The molecule has 0 aliphatic carbocycles. The number of hydrogen-bond acceptors (Lipinski definition) is 4. The Balaban J connectivity index is 2.00. The molecule has 5 nitrogen and oxygen atoms in total. The first kappa shape index (κ1) is 18.1. The lowest BCUT2D eigenvalue weighted by Crippen LogP contribution is -2.23. The molecule has 0 saturated heterocycles. The summed E-state index contributed by atoms with van der Waals surface area (Å²) in [7, 11) is -3.93. The van der Waals surface area contributed by atoms with Gasteiger partial charge in [0, 0.05) is 17.8 Å². The van der Waals surface area contributed by atoms with Crippen LogP contribution in [0.4, 0.5) is 10.1 Å². The smallest absolute Gasteiger partial charge is 0.269 e. The Morgan fingerprint density at radius 3 is 2.46 bits per heavy atom. The highest BCUT2D eigenvalue weighted by Crippen LogP contribution is 2.38. The molecule has 1 amide bonds. The van der Waals surface area contributed by atoms with Crippen molar-refractivity contribution in [3.63, 3.8) is 0 Å². The number of amides is 1. The molecule has 2 N–H and O–H groups in total. The number of carbonyl (C=O) groups excluding carboxylic acids is 1. The Morgan fingerprint density at radius 2 is 1.77 bits per heavy atom. The first-order valence-corrected chi connectivity index (χ1v) is 9.83. The van der Waals surface area contributed by atoms with E-state index in [2.05, 4.69) is 10.6 Å². The number of rotatable bonds is 6. The second-order valence-electron chi connectivity index (χ2n) is 5.95. The van der Waals surface area contributed by atoms with E-state index in [4.69, 9.17) is 0 Å². The van der Waals surface area contributed by atoms with Gasteiger partial charge >= 0.3 is 0 Å². The third-order valence-electron chi connectivity index (χ3n) is 4.08. The van der Waals surface area contributed by atoms with Crippen molar-refractivity contribution in [3.8, 4) is 0 Å². The van der Waals surface area contributed by atoms with Crippen LogP contribution in [0, 0.1) is 5.82 Å². The van der Waals surface area contributed by atoms with Crippen LogP contribution in [0.15, 0.2) is 58.3 Å². The minimum absolute atomic E-state index is 0.114. The summed E-state index contributed by atoms with van der Waals surface area (Å²) in [5.41, 5.74) is 1.13. The number of anilines is 1. The van der Waals surface area contributed by atoms with Gasteiger partial charge in [-0.05, 0) is 36.8 Å². The molecule has 2 aromatic carbocycles. The molecule has 0 fully saturated rings. The van der Waals surface area contributed by atoms with Crippen molar-refractivity contribution in [1.82, 2.24) is 5.32 Å². The molecule has 0 saturated carbocycles. The van der Waals surface area contributed by atoms with Crippen molar-refractivity contribution in [3.05, 3.63) is 64.8 Å². The number of unbranched alkanes of at least 4 members (excludes halogenated alkanes) is 1. The van der Waals surface area contributed by atoms with Gasteiger partial charge in [-0.2, -0.15) is 0 Å². The van der Waals surface area contributed by atoms with Crippen LogP contribution in [0.1, 0.15) is 25.3 Å². The van der Waals surface area contributed by atoms with Crippen LogP contribution in [0.5, 0.6) is 0 Å². The molecular formula is C19H19FN2O3S. The maximum Gasteiger partial charge on any atom is 0.269 e. The number of sulfone groups is 1. The van der Waals surface area contributed by atoms with Crippen LogP contribution < -0.4 is 10.6 Å². The molecule has 1 aliphatic rings. The zero-order valence-corrected chi connectivity index (χ0v) is 15.1. The van der Waals surface area contributed by atoms with Gasteiger partial charge in [-0.1, -0.05) is 31.5 Å². The number of halogens is 1. The Morgan fingerprint density at radius 1 is 1.08 bits per heavy atom. The summed E-state index contributed by atoms with van der Waals surface area (Å²) in [5, 5.41) is 5.64. The zero-order valence-electron chi connectivity index (χ0n) is 14.3. The molecule has 3 rings (SSSR count). The van der Waals surface area contributed by atoms with Gasteiger partial charge in [0.25, 0.3) is 5.91 Å². The third kappa shape index (κ3) is 3.35. The van der Waals surface area contributed by atoms with Crippen molar-refractivity contribution in [2.75, 3.05) is 11.9 Å². The number of nitrogens with one attached hydrogen (secondary N) is 2. The van der Waals surface area contributed by atoms with Gasteiger partial charge in [-0.25, -0.2) is 12.8 Å². The standard InChI is InChI=1S/C19H19FN2O3S/c1-2-3-12-21-17-15-6-4-5-7-16(15)26(24,25)18(17)19(23)22-14-10-8-13(20)9-11-14/h4-11,21H,2-3,12H2,1H3,(H,22,23). The molecule has 0 aromatic heterocycles. The van der Waals surface area contributed by atoms with Gasteiger partial charge in [0.15, 0.2) is 4.91 Å². The normalized spacial score (nSPS) is 14.8. The van der Waals surface area contributed by atoms with Crippen LogP contribution in [0.25, 0.3) is 5.70 Å². The van der Waals surface area contributed by atoms with Gasteiger partial charge in [0.05, 0.1) is 10.6 Å². The SMILES string of the molecule is CCCCNC1=C(C(=O)Nc2ccc(F)cc2)S(=O)(=O)c2ccccc21. The molecular weight excluding hydrogens is 355 g/mol.